The number of hydrogen-bond donors (Lipinski definition) is 3. The van der Waals surface area contributed by atoms with Gasteiger partial charge in [-0.05, 0) is 42.3 Å². The van der Waals surface area contributed by atoms with Crippen LogP contribution in [0.4, 0.5) is 15.9 Å². The van der Waals surface area contributed by atoms with Gasteiger partial charge in [-0.2, -0.15) is 0 Å². The van der Waals surface area contributed by atoms with Gasteiger partial charge in [0.25, 0.3) is 5.91 Å². The maximum absolute atomic E-state index is 12.9. The molecule has 0 aliphatic rings. The Morgan fingerprint density at radius 2 is 1.86 bits per heavy atom. The lowest BCUT2D eigenvalue weighted by Gasteiger charge is -2.07. The monoisotopic (exact) mass is 375 g/mol. The van der Waals surface area contributed by atoms with E-state index in [1.165, 1.54) is 47.6 Å². The maximum atomic E-state index is 12.9. The van der Waals surface area contributed by atoms with Gasteiger partial charge in [-0.1, -0.05) is 18.2 Å². The summed E-state index contributed by atoms with van der Waals surface area (Å²) in [7, 11) is 0. The zero-order valence-corrected chi connectivity index (χ0v) is 14.9. The van der Waals surface area contributed by atoms with Crippen LogP contribution in [0.3, 0.4) is 0 Å². The number of para-hydroxylation sites is 1. The second-order valence-electron chi connectivity index (χ2n) is 6.28. The van der Waals surface area contributed by atoms with Crippen molar-refractivity contribution in [1.29, 1.82) is 0 Å². The van der Waals surface area contributed by atoms with Gasteiger partial charge < -0.3 is 15.6 Å². The van der Waals surface area contributed by atoms with Crippen LogP contribution in [0.1, 0.15) is 16.1 Å². The van der Waals surface area contributed by atoms with Crippen LogP contribution in [0.25, 0.3) is 10.9 Å². The minimum atomic E-state index is -0.399. The largest absolute Gasteiger partial charge is 0.368 e. The molecule has 6 nitrogen and oxygen atoms in total. The zero-order valence-electron chi connectivity index (χ0n) is 14.9. The molecule has 0 fully saturated rings. The number of anilines is 2. The molecular weight excluding hydrogens is 357 g/mol. The molecular formula is C21H18FN5O. The number of benzene rings is 2. The van der Waals surface area contributed by atoms with E-state index in [9.17, 15) is 9.18 Å². The first-order chi connectivity index (χ1) is 13.7. The summed E-state index contributed by atoms with van der Waals surface area (Å²) in [6.45, 7) is 0.692. The van der Waals surface area contributed by atoms with Gasteiger partial charge in [0.15, 0.2) is 0 Å². The SMILES string of the molecule is O=C(Nc1ccc(F)cc1)c1cnc(NCCc2c[nH]c3ccccc23)cn1. The fraction of sp³-hybridized carbons (Fsp3) is 0.0952. The molecule has 1 amide bonds. The van der Waals surface area contributed by atoms with Crippen molar-refractivity contribution in [2.24, 2.45) is 0 Å². The van der Waals surface area contributed by atoms with Crippen LogP contribution in [0.2, 0.25) is 0 Å². The smallest absolute Gasteiger partial charge is 0.275 e. The van der Waals surface area contributed by atoms with Crippen molar-refractivity contribution in [2.75, 3.05) is 17.2 Å². The molecule has 140 valence electrons. The summed E-state index contributed by atoms with van der Waals surface area (Å²) in [6.07, 6.45) is 5.78. The van der Waals surface area contributed by atoms with E-state index < -0.39 is 5.91 Å². The van der Waals surface area contributed by atoms with Gasteiger partial charge in [-0.15, -0.1) is 0 Å². The summed E-state index contributed by atoms with van der Waals surface area (Å²) in [5.74, 6) is -0.163. The fourth-order valence-electron chi connectivity index (χ4n) is 2.93. The quantitative estimate of drug-likeness (QED) is 0.476. The van der Waals surface area contributed by atoms with Crippen molar-refractivity contribution in [2.45, 2.75) is 6.42 Å². The van der Waals surface area contributed by atoms with Gasteiger partial charge in [0.2, 0.25) is 0 Å². The lowest BCUT2D eigenvalue weighted by molar-refractivity contribution is 0.102. The number of carbonyl (C=O) groups is 1. The number of H-pyrrole nitrogens is 1. The van der Waals surface area contributed by atoms with Crippen LogP contribution in [-0.2, 0) is 6.42 Å². The Bertz CT molecular complexity index is 1090. The highest BCUT2D eigenvalue weighted by molar-refractivity contribution is 6.02. The zero-order chi connectivity index (χ0) is 19.3. The van der Waals surface area contributed by atoms with Gasteiger partial charge in [0.1, 0.15) is 17.3 Å². The second-order valence-corrected chi connectivity index (χ2v) is 6.28. The van der Waals surface area contributed by atoms with Crippen LogP contribution in [0.15, 0.2) is 67.1 Å². The third-order valence-corrected chi connectivity index (χ3v) is 4.36. The van der Waals surface area contributed by atoms with Gasteiger partial charge in [0.05, 0.1) is 12.4 Å². The summed E-state index contributed by atoms with van der Waals surface area (Å²) < 4.78 is 12.9. The number of nitrogens with one attached hydrogen (secondary N) is 3. The maximum Gasteiger partial charge on any atom is 0.275 e. The number of nitrogens with zero attached hydrogens (tertiary/aromatic N) is 2. The summed E-state index contributed by atoms with van der Waals surface area (Å²) >= 11 is 0. The Hall–Kier alpha value is -3.74. The highest BCUT2D eigenvalue weighted by atomic mass is 19.1. The molecule has 2 aromatic carbocycles. The highest BCUT2D eigenvalue weighted by Crippen LogP contribution is 2.18. The predicted molar refractivity (Wildman–Crippen MR) is 107 cm³/mol. The van der Waals surface area contributed by atoms with E-state index >= 15 is 0 Å². The van der Waals surface area contributed by atoms with E-state index in [4.69, 9.17) is 0 Å². The van der Waals surface area contributed by atoms with Crippen molar-refractivity contribution in [3.63, 3.8) is 0 Å². The summed E-state index contributed by atoms with van der Waals surface area (Å²) in [5, 5.41) is 7.07. The van der Waals surface area contributed by atoms with E-state index in [1.807, 2.05) is 24.4 Å². The lowest BCUT2D eigenvalue weighted by atomic mass is 10.1. The highest BCUT2D eigenvalue weighted by Gasteiger charge is 2.09. The first-order valence-corrected chi connectivity index (χ1v) is 8.87. The molecule has 0 atom stereocenters. The Morgan fingerprint density at radius 1 is 1.04 bits per heavy atom. The van der Waals surface area contributed by atoms with Crippen molar-refractivity contribution in [3.05, 3.63) is 84.2 Å². The van der Waals surface area contributed by atoms with Crippen molar-refractivity contribution < 1.29 is 9.18 Å². The number of carbonyl (C=O) groups excluding carboxylic acids is 1. The molecule has 0 aliphatic carbocycles. The minimum Gasteiger partial charge on any atom is -0.368 e. The molecule has 0 bridgehead atoms. The molecule has 28 heavy (non-hydrogen) atoms. The normalized spacial score (nSPS) is 10.8. The molecule has 2 aromatic heterocycles. The molecule has 4 aromatic rings. The molecule has 2 heterocycles. The molecule has 0 unspecified atom stereocenters. The summed E-state index contributed by atoms with van der Waals surface area (Å²) in [4.78, 5) is 23.8. The Morgan fingerprint density at radius 3 is 2.64 bits per heavy atom. The summed E-state index contributed by atoms with van der Waals surface area (Å²) in [5.41, 5.74) is 3.03. The van der Waals surface area contributed by atoms with Crippen LogP contribution in [0, 0.1) is 5.82 Å². The van der Waals surface area contributed by atoms with Gasteiger partial charge in [0, 0.05) is 29.3 Å². The third-order valence-electron chi connectivity index (χ3n) is 4.36. The lowest BCUT2D eigenvalue weighted by Crippen LogP contribution is -2.15. The standard InChI is InChI=1S/C21H18FN5O/c22-15-5-7-16(8-6-15)27-21(28)19-12-26-20(13-25-19)23-10-9-14-11-24-18-4-2-1-3-17(14)18/h1-8,11-13,24H,9-10H2,(H,23,26)(H,27,28). The van der Waals surface area contributed by atoms with Gasteiger partial charge in [-0.3, -0.25) is 4.79 Å². The van der Waals surface area contributed by atoms with Gasteiger partial charge >= 0.3 is 0 Å². The van der Waals surface area contributed by atoms with Crippen LogP contribution in [0.5, 0.6) is 0 Å². The van der Waals surface area contributed by atoms with E-state index in [0.717, 1.165) is 11.9 Å². The van der Waals surface area contributed by atoms with Crippen molar-refractivity contribution in [1.82, 2.24) is 15.0 Å². The average Bonchev–Trinajstić information content (AvgIpc) is 3.13. The third kappa shape index (κ3) is 3.98. The second kappa shape index (κ2) is 7.87. The molecule has 0 saturated heterocycles. The van der Waals surface area contributed by atoms with E-state index in [0.29, 0.717) is 18.1 Å². The van der Waals surface area contributed by atoms with Gasteiger partial charge in [-0.25, -0.2) is 14.4 Å². The molecule has 0 aliphatic heterocycles. The number of aromatic amines is 1. The van der Waals surface area contributed by atoms with E-state index in [-0.39, 0.29) is 11.5 Å². The van der Waals surface area contributed by atoms with E-state index in [1.54, 1.807) is 0 Å². The minimum absolute atomic E-state index is 0.187. The average molecular weight is 375 g/mol. The number of aromatic nitrogens is 3. The molecule has 4 rings (SSSR count). The van der Waals surface area contributed by atoms with Crippen LogP contribution >= 0.6 is 0 Å². The topological polar surface area (TPSA) is 82.7 Å². The summed E-state index contributed by atoms with van der Waals surface area (Å²) in [6, 6.07) is 13.7. The number of halogens is 1. The molecule has 0 radical (unpaired) electrons. The molecule has 7 heteroatoms. The molecule has 0 spiro atoms. The van der Waals surface area contributed by atoms with Crippen LogP contribution < -0.4 is 10.6 Å². The van der Waals surface area contributed by atoms with Crippen LogP contribution in [-0.4, -0.2) is 27.4 Å². The fourth-order valence-corrected chi connectivity index (χ4v) is 2.93. The number of rotatable bonds is 6. The number of amides is 1. The first-order valence-electron chi connectivity index (χ1n) is 8.87. The first kappa shape index (κ1) is 17.7. The Labute approximate surface area is 160 Å². The molecule has 0 saturated carbocycles. The Balaban J connectivity index is 1.33. The number of hydrogen-bond acceptors (Lipinski definition) is 4. The molecule has 3 N–H and O–H groups in total. The number of fused-ring (bicyclic) bond motifs is 1. The van der Waals surface area contributed by atoms with E-state index in [2.05, 4.69) is 31.7 Å². The Kier molecular flexibility index (Phi) is 4.97. The predicted octanol–water partition coefficient (Wildman–Crippen LogP) is 4.00. The van der Waals surface area contributed by atoms with Crippen molar-refractivity contribution in [3.8, 4) is 0 Å². The van der Waals surface area contributed by atoms with Crippen molar-refractivity contribution >= 4 is 28.3 Å².